The standard InChI is InChI=1S/C17H25N3O3/c1-17(2,3)23-16(22)20-14-9-8-13(10-14)19-12-6-4-11(5-7-12)15(18)21/h4-7,13-14,19H,8-10H2,1-3H3,(H2,18,21)(H,20,22). The lowest BCUT2D eigenvalue weighted by atomic mass is 10.1. The first-order valence-electron chi connectivity index (χ1n) is 7.89. The van der Waals surface area contributed by atoms with Crippen LogP contribution in [0, 0.1) is 0 Å². The number of rotatable bonds is 4. The largest absolute Gasteiger partial charge is 0.444 e. The Morgan fingerprint density at radius 1 is 1.13 bits per heavy atom. The number of nitrogens with one attached hydrogen (secondary N) is 2. The normalized spacial score (nSPS) is 20.8. The second-order valence-electron chi connectivity index (χ2n) is 6.94. The minimum atomic E-state index is -0.484. The van der Waals surface area contributed by atoms with Crippen LogP contribution in [0.15, 0.2) is 24.3 Å². The van der Waals surface area contributed by atoms with Crippen LogP contribution in [-0.2, 0) is 4.74 Å². The Hall–Kier alpha value is -2.24. The van der Waals surface area contributed by atoms with Gasteiger partial charge in [-0.15, -0.1) is 0 Å². The summed E-state index contributed by atoms with van der Waals surface area (Å²) in [5, 5.41) is 6.33. The summed E-state index contributed by atoms with van der Waals surface area (Å²) in [4.78, 5) is 22.8. The number of carbonyl (C=O) groups is 2. The molecule has 2 atom stereocenters. The summed E-state index contributed by atoms with van der Waals surface area (Å²) in [6, 6.07) is 7.50. The first-order chi connectivity index (χ1) is 10.7. The van der Waals surface area contributed by atoms with Crippen LogP contribution in [0.25, 0.3) is 0 Å². The molecule has 0 radical (unpaired) electrons. The van der Waals surface area contributed by atoms with Crippen LogP contribution in [0.2, 0.25) is 0 Å². The van der Waals surface area contributed by atoms with Gasteiger partial charge in [-0.1, -0.05) is 0 Å². The van der Waals surface area contributed by atoms with Gasteiger partial charge in [-0.2, -0.15) is 0 Å². The highest BCUT2D eigenvalue weighted by atomic mass is 16.6. The summed E-state index contributed by atoms with van der Waals surface area (Å²) >= 11 is 0. The Kier molecular flexibility index (Phi) is 5.13. The fourth-order valence-corrected chi connectivity index (χ4v) is 2.68. The van der Waals surface area contributed by atoms with E-state index in [9.17, 15) is 9.59 Å². The molecular formula is C17H25N3O3. The lowest BCUT2D eigenvalue weighted by molar-refractivity contribution is 0.0505. The number of nitrogens with two attached hydrogens (primary N) is 1. The zero-order valence-corrected chi connectivity index (χ0v) is 13.9. The van der Waals surface area contributed by atoms with Crippen molar-refractivity contribution >= 4 is 17.7 Å². The van der Waals surface area contributed by atoms with Crippen molar-refractivity contribution in [3.8, 4) is 0 Å². The van der Waals surface area contributed by atoms with Crippen molar-refractivity contribution in [2.24, 2.45) is 5.73 Å². The van der Waals surface area contributed by atoms with E-state index < -0.39 is 11.5 Å². The number of ether oxygens (including phenoxy) is 1. The maximum atomic E-state index is 11.8. The van der Waals surface area contributed by atoms with Gasteiger partial charge in [0, 0.05) is 23.3 Å². The maximum absolute atomic E-state index is 11.8. The molecule has 0 bridgehead atoms. The number of anilines is 1. The highest BCUT2D eigenvalue weighted by Gasteiger charge is 2.27. The van der Waals surface area contributed by atoms with Gasteiger partial charge in [0.05, 0.1) is 0 Å². The number of amides is 2. The maximum Gasteiger partial charge on any atom is 0.407 e. The molecule has 1 aromatic carbocycles. The predicted octanol–water partition coefficient (Wildman–Crippen LogP) is 2.64. The molecule has 6 nitrogen and oxygen atoms in total. The van der Waals surface area contributed by atoms with E-state index in [4.69, 9.17) is 10.5 Å². The SMILES string of the molecule is CC(C)(C)OC(=O)NC1CCC(Nc2ccc(C(N)=O)cc2)C1. The van der Waals surface area contributed by atoms with Crippen molar-refractivity contribution < 1.29 is 14.3 Å². The summed E-state index contributed by atoms with van der Waals surface area (Å²) in [6.45, 7) is 5.55. The van der Waals surface area contributed by atoms with Crippen molar-refractivity contribution in [3.63, 3.8) is 0 Å². The molecule has 4 N–H and O–H groups in total. The Labute approximate surface area is 136 Å². The molecule has 2 amide bonds. The molecular weight excluding hydrogens is 294 g/mol. The van der Waals surface area contributed by atoms with Gasteiger partial charge in [0.25, 0.3) is 0 Å². The molecule has 2 unspecified atom stereocenters. The monoisotopic (exact) mass is 319 g/mol. The minimum absolute atomic E-state index is 0.118. The number of hydrogen-bond acceptors (Lipinski definition) is 4. The van der Waals surface area contributed by atoms with Crippen molar-refractivity contribution in [1.29, 1.82) is 0 Å². The second-order valence-corrected chi connectivity index (χ2v) is 6.94. The van der Waals surface area contributed by atoms with E-state index >= 15 is 0 Å². The Morgan fingerprint density at radius 2 is 1.74 bits per heavy atom. The van der Waals surface area contributed by atoms with Crippen LogP contribution in [0.5, 0.6) is 0 Å². The molecule has 1 saturated carbocycles. The van der Waals surface area contributed by atoms with E-state index in [1.807, 2.05) is 32.9 Å². The summed E-state index contributed by atoms with van der Waals surface area (Å²) in [6.07, 6.45) is 2.36. The molecule has 0 aromatic heterocycles. The molecule has 1 fully saturated rings. The molecule has 1 aromatic rings. The average Bonchev–Trinajstić information content (AvgIpc) is 2.84. The Morgan fingerprint density at radius 3 is 2.30 bits per heavy atom. The molecule has 23 heavy (non-hydrogen) atoms. The zero-order chi connectivity index (χ0) is 17.0. The van der Waals surface area contributed by atoms with Crippen molar-refractivity contribution in [3.05, 3.63) is 29.8 Å². The number of carbonyl (C=O) groups excluding carboxylic acids is 2. The molecule has 0 spiro atoms. The molecule has 1 aliphatic carbocycles. The Bertz CT molecular complexity index is 563. The first kappa shape index (κ1) is 17.1. The predicted molar refractivity (Wildman–Crippen MR) is 89.4 cm³/mol. The van der Waals surface area contributed by atoms with E-state index in [-0.39, 0.29) is 18.2 Å². The van der Waals surface area contributed by atoms with Gasteiger partial charge in [0.15, 0.2) is 0 Å². The zero-order valence-electron chi connectivity index (χ0n) is 13.9. The van der Waals surface area contributed by atoms with E-state index in [0.29, 0.717) is 5.56 Å². The molecule has 1 aliphatic rings. The van der Waals surface area contributed by atoms with Crippen molar-refractivity contribution in [1.82, 2.24) is 5.32 Å². The van der Waals surface area contributed by atoms with Crippen molar-refractivity contribution in [2.45, 2.75) is 57.7 Å². The lowest BCUT2D eigenvalue weighted by Crippen LogP contribution is -2.38. The molecule has 0 heterocycles. The number of benzene rings is 1. The minimum Gasteiger partial charge on any atom is -0.444 e. The average molecular weight is 319 g/mol. The Balaban J connectivity index is 1.81. The number of hydrogen-bond donors (Lipinski definition) is 3. The third-order valence-electron chi connectivity index (χ3n) is 3.69. The molecule has 126 valence electrons. The molecule has 6 heteroatoms. The molecule has 2 rings (SSSR count). The number of alkyl carbamates (subject to hydrolysis) is 1. The number of primary amides is 1. The van der Waals surface area contributed by atoms with Gasteiger partial charge >= 0.3 is 6.09 Å². The van der Waals surface area contributed by atoms with E-state index in [1.165, 1.54) is 0 Å². The van der Waals surface area contributed by atoms with Crippen LogP contribution in [0.4, 0.5) is 10.5 Å². The van der Waals surface area contributed by atoms with Crippen LogP contribution in [-0.4, -0.2) is 29.7 Å². The quantitative estimate of drug-likeness (QED) is 0.795. The van der Waals surface area contributed by atoms with Crippen LogP contribution in [0.3, 0.4) is 0 Å². The first-order valence-corrected chi connectivity index (χ1v) is 7.89. The fraction of sp³-hybridized carbons (Fsp3) is 0.529. The van der Waals surface area contributed by atoms with E-state index in [0.717, 1.165) is 24.9 Å². The third-order valence-corrected chi connectivity index (χ3v) is 3.69. The van der Waals surface area contributed by atoms with E-state index in [1.54, 1.807) is 12.1 Å². The fourth-order valence-electron chi connectivity index (χ4n) is 2.68. The van der Waals surface area contributed by atoms with Gasteiger partial charge in [-0.05, 0) is 64.3 Å². The van der Waals surface area contributed by atoms with Gasteiger partial charge in [-0.3, -0.25) is 4.79 Å². The summed E-state index contributed by atoms with van der Waals surface area (Å²) in [5.41, 5.74) is 6.18. The summed E-state index contributed by atoms with van der Waals surface area (Å²) in [5.74, 6) is -0.431. The van der Waals surface area contributed by atoms with Crippen LogP contribution in [0.1, 0.15) is 50.4 Å². The summed E-state index contributed by atoms with van der Waals surface area (Å²) < 4.78 is 5.27. The molecule has 0 saturated heterocycles. The van der Waals surface area contributed by atoms with Gasteiger partial charge in [0.1, 0.15) is 5.60 Å². The van der Waals surface area contributed by atoms with Gasteiger partial charge in [0.2, 0.25) is 5.91 Å². The highest BCUT2D eigenvalue weighted by Crippen LogP contribution is 2.23. The smallest absolute Gasteiger partial charge is 0.407 e. The molecule has 0 aliphatic heterocycles. The highest BCUT2D eigenvalue weighted by molar-refractivity contribution is 5.93. The topological polar surface area (TPSA) is 93.4 Å². The van der Waals surface area contributed by atoms with Gasteiger partial charge < -0.3 is 21.1 Å². The van der Waals surface area contributed by atoms with Gasteiger partial charge in [-0.25, -0.2) is 4.79 Å². The lowest BCUT2D eigenvalue weighted by Gasteiger charge is -2.22. The summed E-state index contributed by atoms with van der Waals surface area (Å²) in [7, 11) is 0. The third kappa shape index (κ3) is 5.47. The van der Waals surface area contributed by atoms with Crippen LogP contribution >= 0.6 is 0 Å². The second kappa shape index (κ2) is 6.89. The van der Waals surface area contributed by atoms with E-state index in [2.05, 4.69) is 10.6 Å². The van der Waals surface area contributed by atoms with Crippen LogP contribution < -0.4 is 16.4 Å². The van der Waals surface area contributed by atoms with Crippen molar-refractivity contribution in [2.75, 3.05) is 5.32 Å².